The van der Waals surface area contributed by atoms with Gasteiger partial charge in [0.05, 0.1) is 0 Å². The average molecular weight is 1130 g/mol. The summed E-state index contributed by atoms with van der Waals surface area (Å²) in [5, 5.41) is 0. The van der Waals surface area contributed by atoms with E-state index in [2.05, 4.69) is 106 Å². The van der Waals surface area contributed by atoms with Gasteiger partial charge in [-0.15, -0.1) is 0 Å². The summed E-state index contributed by atoms with van der Waals surface area (Å²) < 4.78 is 16.9. The highest BCUT2D eigenvalue weighted by Gasteiger charge is 2.19. The van der Waals surface area contributed by atoms with E-state index in [1.165, 1.54) is 205 Å². The number of carbonyl (C=O) groups excluding carboxylic acids is 3. The maximum atomic E-state index is 12.9. The van der Waals surface area contributed by atoms with Crippen LogP contribution < -0.4 is 0 Å². The van der Waals surface area contributed by atoms with Crippen LogP contribution in [0.5, 0.6) is 0 Å². The fourth-order valence-corrected chi connectivity index (χ4v) is 10.2. The van der Waals surface area contributed by atoms with Crippen LogP contribution in [-0.4, -0.2) is 37.2 Å². The molecule has 1 unspecified atom stereocenters. The molecule has 0 fully saturated rings. The molecule has 0 aliphatic heterocycles. The molecule has 0 spiro atoms. The van der Waals surface area contributed by atoms with Crippen molar-refractivity contribution in [3.05, 3.63) is 85.1 Å². The van der Waals surface area contributed by atoms with E-state index in [0.29, 0.717) is 19.3 Å². The molecule has 468 valence electrons. The Morgan fingerprint density at radius 3 is 0.753 bits per heavy atom. The van der Waals surface area contributed by atoms with E-state index in [0.717, 1.165) is 109 Å². The van der Waals surface area contributed by atoms with Crippen LogP contribution in [-0.2, 0) is 28.6 Å². The zero-order valence-electron chi connectivity index (χ0n) is 53.8. The van der Waals surface area contributed by atoms with E-state index in [-0.39, 0.29) is 31.1 Å². The van der Waals surface area contributed by atoms with Gasteiger partial charge in [-0.1, -0.05) is 324 Å². The lowest BCUT2D eigenvalue weighted by atomic mass is 10.0. The average Bonchev–Trinajstić information content (AvgIpc) is 3.47. The minimum absolute atomic E-state index is 0.0768. The van der Waals surface area contributed by atoms with Crippen molar-refractivity contribution in [2.45, 2.75) is 361 Å². The minimum Gasteiger partial charge on any atom is -0.462 e. The summed E-state index contributed by atoms with van der Waals surface area (Å²) >= 11 is 0. The molecule has 81 heavy (non-hydrogen) atoms. The van der Waals surface area contributed by atoms with Crippen LogP contribution in [0.4, 0.5) is 0 Å². The Hall–Kier alpha value is -3.41. The summed E-state index contributed by atoms with van der Waals surface area (Å²) in [7, 11) is 0. The van der Waals surface area contributed by atoms with E-state index in [9.17, 15) is 14.4 Å². The number of carbonyl (C=O) groups is 3. The Morgan fingerprint density at radius 1 is 0.259 bits per heavy atom. The maximum Gasteiger partial charge on any atom is 0.306 e. The van der Waals surface area contributed by atoms with Crippen LogP contribution in [0.3, 0.4) is 0 Å². The van der Waals surface area contributed by atoms with Gasteiger partial charge in [-0.25, -0.2) is 0 Å². The van der Waals surface area contributed by atoms with Crippen LogP contribution >= 0.6 is 0 Å². The van der Waals surface area contributed by atoms with Crippen molar-refractivity contribution in [2.75, 3.05) is 13.2 Å². The number of esters is 3. The van der Waals surface area contributed by atoms with Crippen LogP contribution in [0.1, 0.15) is 355 Å². The lowest BCUT2D eigenvalue weighted by Crippen LogP contribution is -2.30. The minimum atomic E-state index is -0.781. The van der Waals surface area contributed by atoms with E-state index in [1.807, 2.05) is 0 Å². The highest BCUT2D eigenvalue weighted by atomic mass is 16.6. The normalized spacial score (nSPS) is 12.6. The van der Waals surface area contributed by atoms with E-state index < -0.39 is 6.10 Å². The van der Waals surface area contributed by atoms with Gasteiger partial charge in [0.25, 0.3) is 0 Å². The van der Waals surface area contributed by atoms with E-state index in [4.69, 9.17) is 14.2 Å². The third kappa shape index (κ3) is 67.3. The molecule has 0 aromatic heterocycles. The second kappa shape index (κ2) is 69.1. The van der Waals surface area contributed by atoms with Gasteiger partial charge in [0, 0.05) is 19.3 Å². The molecule has 0 saturated heterocycles. The molecule has 0 N–H and O–H groups in total. The molecule has 1 atom stereocenters. The van der Waals surface area contributed by atoms with Gasteiger partial charge in [0.15, 0.2) is 6.10 Å². The topological polar surface area (TPSA) is 78.9 Å². The van der Waals surface area contributed by atoms with Crippen LogP contribution in [0.15, 0.2) is 85.1 Å². The first-order chi connectivity index (χ1) is 40.0. The van der Waals surface area contributed by atoms with Gasteiger partial charge in [-0.3, -0.25) is 14.4 Å². The molecule has 0 aromatic carbocycles. The first-order valence-electron chi connectivity index (χ1n) is 35.1. The van der Waals surface area contributed by atoms with Gasteiger partial charge in [-0.05, 0) is 96.3 Å². The van der Waals surface area contributed by atoms with Gasteiger partial charge in [0.1, 0.15) is 13.2 Å². The summed E-state index contributed by atoms with van der Waals surface area (Å²) in [6.45, 7) is 6.54. The zero-order valence-corrected chi connectivity index (χ0v) is 53.8. The Balaban J connectivity index is 4.18. The summed E-state index contributed by atoms with van der Waals surface area (Å²) in [6, 6.07) is 0. The molecule has 0 aliphatic rings. The van der Waals surface area contributed by atoms with Gasteiger partial charge < -0.3 is 14.2 Å². The summed E-state index contributed by atoms with van der Waals surface area (Å²) in [6.07, 6.45) is 91.9. The van der Waals surface area contributed by atoms with Crippen LogP contribution in [0, 0.1) is 0 Å². The molecule has 6 heteroatoms. The molecule has 0 saturated carbocycles. The largest absolute Gasteiger partial charge is 0.462 e. The predicted octanol–water partition coefficient (Wildman–Crippen LogP) is 24.2. The van der Waals surface area contributed by atoms with Crippen molar-refractivity contribution in [2.24, 2.45) is 0 Å². The first kappa shape index (κ1) is 77.6. The van der Waals surface area contributed by atoms with Gasteiger partial charge in [-0.2, -0.15) is 0 Å². The first-order valence-corrected chi connectivity index (χ1v) is 35.1. The van der Waals surface area contributed by atoms with E-state index >= 15 is 0 Å². The molecular weight excluding hydrogens is 997 g/mol. The lowest BCUT2D eigenvalue weighted by Gasteiger charge is -2.18. The second-order valence-electron chi connectivity index (χ2n) is 23.4. The van der Waals surface area contributed by atoms with Crippen molar-refractivity contribution in [3.8, 4) is 0 Å². The molecule has 6 nitrogen and oxygen atoms in total. The smallest absolute Gasteiger partial charge is 0.306 e. The van der Waals surface area contributed by atoms with Crippen LogP contribution in [0.25, 0.3) is 0 Å². The Morgan fingerprint density at radius 2 is 0.481 bits per heavy atom. The maximum absolute atomic E-state index is 12.9. The van der Waals surface area contributed by atoms with E-state index in [1.54, 1.807) is 0 Å². The number of unbranched alkanes of at least 4 members (excludes halogenated alkanes) is 39. The Bertz CT molecular complexity index is 1530. The van der Waals surface area contributed by atoms with Gasteiger partial charge in [0.2, 0.25) is 0 Å². The second-order valence-corrected chi connectivity index (χ2v) is 23.4. The van der Waals surface area contributed by atoms with Crippen molar-refractivity contribution in [3.63, 3.8) is 0 Å². The molecule has 0 amide bonds. The number of hydrogen-bond acceptors (Lipinski definition) is 6. The SMILES string of the molecule is CC/C=C\C/C=C\C/C=C\C/C=C\CCCCCCCCCCCCCCCCCCCCC(=O)OCC(COC(=O)CCCCCCCCCCCCC)OC(=O)CCCCCCCC/C=C\C/C=C\C/C=C\CCCCCCC. The summed E-state index contributed by atoms with van der Waals surface area (Å²) in [5.41, 5.74) is 0. The molecular formula is C75H132O6. The standard InChI is InChI=1S/C75H132O6/c1-4-7-10-13-16-19-22-24-26-28-30-32-33-34-35-36-37-38-39-40-41-43-44-46-48-50-53-56-59-62-65-68-74(77)80-71-72(70-79-73(76)67-64-61-58-55-52-21-18-15-12-9-6-3)81-75(78)69-66-63-60-57-54-51-49-47-45-42-31-29-27-25-23-20-17-14-11-8-5-2/h7,10,16,19,23-26,29-32,45,47,72H,4-6,8-9,11-15,17-18,20-22,27-28,33-44,46,48-71H2,1-3H3/b10-7-,19-16-,25-23-,26-24-,31-29-,32-30-,47-45-. The molecule has 0 heterocycles. The highest BCUT2D eigenvalue weighted by molar-refractivity contribution is 5.71. The summed E-state index contributed by atoms with van der Waals surface area (Å²) in [5.74, 6) is -0.871. The Kier molecular flexibility index (Phi) is 66.2. The van der Waals surface area contributed by atoms with Crippen molar-refractivity contribution < 1.29 is 28.6 Å². The fourth-order valence-electron chi connectivity index (χ4n) is 10.2. The zero-order chi connectivity index (χ0) is 58.5. The monoisotopic (exact) mass is 1130 g/mol. The molecule has 0 aromatic rings. The Labute approximate surface area is 503 Å². The third-order valence-electron chi connectivity index (χ3n) is 15.4. The predicted molar refractivity (Wildman–Crippen MR) is 353 cm³/mol. The van der Waals surface area contributed by atoms with Crippen LogP contribution in [0.2, 0.25) is 0 Å². The molecule has 0 radical (unpaired) electrons. The number of ether oxygens (including phenoxy) is 3. The number of allylic oxidation sites excluding steroid dienone is 14. The fraction of sp³-hybridized carbons (Fsp3) is 0.773. The highest BCUT2D eigenvalue weighted by Crippen LogP contribution is 2.17. The van der Waals surface area contributed by atoms with Crippen molar-refractivity contribution in [1.82, 2.24) is 0 Å². The lowest BCUT2D eigenvalue weighted by molar-refractivity contribution is -0.167. The number of rotatable bonds is 64. The molecule has 0 rings (SSSR count). The summed E-state index contributed by atoms with van der Waals surface area (Å²) in [4.78, 5) is 38.3. The van der Waals surface area contributed by atoms with Gasteiger partial charge >= 0.3 is 17.9 Å². The molecule has 0 aliphatic carbocycles. The van der Waals surface area contributed by atoms with Crippen molar-refractivity contribution in [1.29, 1.82) is 0 Å². The number of hydrogen-bond donors (Lipinski definition) is 0. The quantitative estimate of drug-likeness (QED) is 0.0261. The van der Waals surface area contributed by atoms with Crippen molar-refractivity contribution >= 4 is 17.9 Å². The molecule has 0 bridgehead atoms. The third-order valence-corrected chi connectivity index (χ3v) is 15.4.